The minimum Gasteiger partial charge on any atom is -0.480 e. The summed E-state index contributed by atoms with van der Waals surface area (Å²) in [5, 5.41) is 15.3. The van der Waals surface area contributed by atoms with Crippen molar-refractivity contribution in [2.24, 2.45) is 0 Å². The first-order chi connectivity index (χ1) is 63.0. The lowest BCUT2D eigenvalue weighted by Gasteiger charge is -2.40. The fourth-order valence-corrected chi connectivity index (χ4v) is 16.9. The van der Waals surface area contributed by atoms with Gasteiger partial charge in [0.2, 0.25) is 0 Å². The lowest BCUT2D eigenvalue weighted by atomic mass is 10.0. The van der Waals surface area contributed by atoms with E-state index >= 15 is 0 Å². The van der Waals surface area contributed by atoms with E-state index in [0.29, 0.717) is 88.5 Å². The largest absolute Gasteiger partial charge is 0.480 e. The zero-order chi connectivity index (χ0) is 91.7. The number of H-pyrrole nitrogens is 1. The van der Waals surface area contributed by atoms with Crippen LogP contribution >= 0.6 is 0 Å². The number of aromatic nitrogens is 10. The van der Waals surface area contributed by atoms with Gasteiger partial charge >= 0.3 is 17.9 Å². The summed E-state index contributed by atoms with van der Waals surface area (Å²) in [5.74, 6) is -1.74. The number of nitrogens with zero attached hydrogens (tertiary/aromatic N) is 14. The Labute approximate surface area is 753 Å². The van der Waals surface area contributed by atoms with Crippen molar-refractivity contribution in [1.82, 2.24) is 63.7 Å². The van der Waals surface area contributed by atoms with E-state index in [1.807, 2.05) is 150 Å². The van der Waals surface area contributed by atoms with E-state index in [1.54, 1.807) is 65.4 Å². The molecule has 3 N–H and O–H groups in total. The van der Waals surface area contributed by atoms with Gasteiger partial charge in [-0.2, -0.15) is 0 Å². The number of carboxylic acid groups (broad SMARTS) is 1. The summed E-state index contributed by atoms with van der Waals surface area (Å²) in [6, 6.07) is 54.7. The molecule has 28 heteroatoms. The van der Waals surface area contributed by atoms with Crippen LogP contribution in [0, 0.1) is 41.5 Å². The number of hydrogen-bond donors (Lipinski definition) is 3. The highest BCUT2D eigenvalue weighted by atomic mass is 16.5. The number of benzene rings is 4. The van der Waals surface area contributed by atoms with E-state index in [-0.39, 0.29) is 70.5 Å². The van der Waals surface area contributed by atoms with Gasteiger partial charge in [0.1, 0.15) is 19.6 Å². The maximum atomic E-state index is 13.7. The second-order valence-corrected chi connectivity index (χ2v) is 33.1. The summed E-state index contributed by atoms with van der Waals surface area (Å²) in [5.41, 5.74) is 16.7. The molecule has 3 saturated heterocycles. The fraction of sp³-hybridized carbons (Fsp3) is 0.304. The molecule has 13 heterocycles. The highest BCUT2D eigenvalue weighted by Gasteiger charge is 2.31. The van der Waals surface area contributed by atoms with Crippen LogP contribution in [0.15, 0.2) is 251 Å². The quantitative estimate of drug-likeness (QED) is 0.0374. The molecule has 14 aromatic rings. The van der Waals surface area contributed by atoms with Crippen molar-refractivity contribution >= 4 is 91.2 Å². The molecule has 17 rings (SSSR count). The molecular formula is C102H110N16O12. The maximum Gasteiger partial charge on any atom is 0.325 e. The van der Waals surface area contributed by atoms with Gasteiger partial charge in [0, 0.05) is 206 Å². The van der Waals surface area contributed by atoms with Crippen molar-refractivity contribution in [2.45, 2.75) is 151 Å². The van der Waals surface area contributed by atoms with Gasteiger partial charge in [-0.1, -0.05) is 48.5 Å². The highest BCUT2D eigenvalue weighted by Crippen LogP contribution is 2.29. The Bertz CT molecular complexity index is 6560. The molecule has 130 heavy (non-hydrogen) atoms. The average Bonchev–Trinajstić information content (AvgIpc) is 0.784. The van der Waals surface area contributed by atoms with Gasteiger partial charge in [0.15, 0.2) is 34.3 Å². The molecule has 4 aromatic carbocycles. The van der Waals surface area contributed by atoms with Crippen LogP contribution in [0.4, 0.5) is 17.1 Å². The van der Waals surface area contributed by atoms with E-state index < -0.39 is 11.9 Å². The molecule has 0 spiro atoms. The Morgan fingerprint density at radius 2 is 0.831 bits per heavy atom. The molecular weight excluding hydrogens is 1640 g/mol. The van der Waals surface area contributed by atoms with Crippen LogP contribution in [0.3, 0.4) is 0 Å². The Morgan fingerprint density at radius 1 is 0.438 bits per heavy atom. The number of pyridine rings is 10. The third-order valence-electron chi connectivity index (χ3n) is 23.6. The van der Waals surface area contributed by atoms with Crippen LogP contribution in [0.2, 0.25) is 0 Å². The van der Waals surface area contributed by atoms with Gasteiger partial charge in [-0.15, -0.1) is 0 Å². The first-order valence-corrected chi connectivity index (χ1v) is 43.7. The predicted octanol–water partition coefficient (Wildman–Crippen LogP) is 13.6. The number of aromatic amines is 1. The van der Waals surface area contributed by atoms with Crippen molar-refractivity contribution in [1.29, 1.82) is 0 Å². The van der Waals surface area contributed by atoms with Crippen LogP contribution < -0.4 is 41.7 Å². The van der Waals surface area contributed by atoms with Gasteiger partial charge in [-0.3, -0.25) is 82.9 Å². The Balaban J connectivity index is 0.000000146. The predicted molar refractivity (Wildman–Crippen MR) is 507 cm³/mol. The zero-order valence-electron chi connectivity index (χ0n) is 74.7. The summed E-state index contributed by atoms with van der Waals surface area (Å²) in [6.45, 7) is 20.8. The molecule has 670 valence electrons. The van der Waals surface area contributed by atoms with Crippen LogP contribution in [-0.2, 0) is 76.2 Å². The smallest absolute Gasteiger partial charge is 0.325 e. The highest BCUT2D eigenvalue weighted by molar-refractivity contribution is 5.88. The van der Waals surface area contributed by atoms with Gasteiger partial charge in [0.25, 0.3) is 0 Å². The van der Waals surface area contributed by atoms with E-state index in [2.05, 4.69) is 124 Å². The van der Waals surface area contributed by atoms with E-state index in [1.165, 1.54) is 55.3 Å². The van der Waals surface area contributed by atoms with Gasteiger partial charge in [0.05, 0.1) is 77.5 Å². The second-order valence-electron chi connectivity index (χ2n) is 33.1. The number of nitrogens with one attached hydrogen (secondary N) is 2. The monoisotopic (exact) mass is 1750 g/mol. The number of para-hydroxylation sites is 4. The van der Waals surface area contributed by atoms with Crippen molar-refractivity contribution in [3.8, 4) is 0 Å². The number of aryl methyl sites for hydroxylation is 6. The summed E-state index contributed by atoms with van der Waals surface area (Å²) >= 11 is 0. The number of methoxy groups -OCH3 is 2. The van der Waals surface area contributed by atoms with E-state index in [0.717, 1.165) is 139 Å². The average molecular weight is 1750 g/mol. The summed E-state index contributed by atoms with van der Waals surface area (Å²) in [4.78, 5) is 148. The normalized spacial score (nSPS) is 14.8. The minimum atomic E-state index is -0.941. The van der Waals surface area contributed by atoms with Gasteiger partial charge in [-0.05, 0) is 218 Å². The first-order valence-electron chi connectivity index (χ1n) is 43.7. The van der Waals surface area contributed by atoms with Crippen LogP contribution in [0.1, 0.15) is 121 Å². The number of aldehydes is 2. The standard InChI is InChI=1S/C31H35N5O3.C30H33N5O3.C18H24N4.C13H11NO4.C10H7NO2/c1-22-10-11-26(16-33-22)34-14-6-7-27(20-34)35(17-24-12-13-32-23(2)15-24)18-25-19-36(21-30(37)39-3)29-9-5-4-8-28(29)31(25)38;1-21-9-10-25(15-32-21)33-13-5-6-26(19-33)34(16-23-11-12-31-22(2)14-23)17-24-18-35(20-29(36)37)28-8-4-3-7-27(28)30(24)38;1-14-5-6-18(12-20-14)22-9-3-4-17(13-22)21-11-16-7-8-19-15(2)10-16;1-18-12(16)7-14-6-9(8-15)13(17)10-4-2-3-5-11(10)14;12-6-7-5-11-9-4-2-1-3-8(9)10(7)13/h4-5,8-13,15-16,19,27H,6-7,14,17-18,20-21H2,1-3H3;3-4,7-12,14-15,18,26H,5-6,13,16-17,19-20H2,1-2H3,(H,36,37);5-8,10,12,17,21H,3-4,9,11,13H2,1-2H3;2-6,8H,7H2,1H3;1-6H,(H,11,13)/t27-;26-;17-;;/m000../s1. The molecule has 3 aliphatic rings. The Kier molecular flexibility index (Phi) is 32.2. The molecule has 3 atom stereocenters. The molecule has 0 amide bonds. The number of aliphatic carboxylic acids is 1. The SMILES string of the molecule is COC(=O)Cn1cc(C=O)c(=O)c2ccccc21.COC(=O)Cn1cc(CN(Cc2ccnc(C)c2)[C@H]2CCCN(c3ccc(C)nc3)C2)c(=O)c2ccccc21.Cc1ccc(N2CCC[C@H](N(Cc3ccnc(C)c3)Cc3cn(CC(=O)O)c4ccccc4c3=O)C2)cn1.Cc1ccc(N2CCC[C@H](NCc3ccnc(C)c3)C2)cn1.O=Cc1c[nH]c2ccccc2c1=O. The molecule has 28 nitrogen and oxygen atoms in total. The summed E-state index contributed by atoms with van der Waals surface area (Å²) in [6.07, 6.45) is 25.4. The number of fused-ring (bicyclic) bond motifs is 4. The summed E-state index contributed by atoms with van der Waals surface area (Å²) in [7, 11) is 2.67. The molecule has 3 fully saturated rings. The number of anilines is 3. The third-order valence-corrected chi connectivity index (χ3v) is 23.6. The molecule has 0 aliphatic carbocycles. The number of carbonyl (C=O) groups is 5. The number of carbonyl (C=O) groups excluding carboxylic acids is 4. The number of esters is 2. The molecule has 0 unspecified atom stereocenters. The second kappa shape index (κ2) is 44.9. The molecule has 3 aliphatic heterocycles. The molecule has 10 aromatic heterocycles. The summed E-state index contributed by atoms with van der Waals surface area (Å²) < 4.78 is 14.6. The Morgan fingerprint density at radius 3 is 1.26 bits per heavy atom. The number of ether oxygens (including phenoxy) is 2. The number of hydrogen-bond acceptors (Lipinski definition) is 23. The number of rotatable bonds is 24. The Hall–Kier alpha value is -14.4. The van der Waals surface area contributed by atoms with Crippen LogP contribution in [-0.4, -0.2) is 166 Å². The van der Waals surface area contributed by atoms with Crippen LogP contribution in [0.25, 0.3) is 43.6 Å². The third kappa shape index (κ3) is 24.7. The number of piperidine rings is 3. The van der Waals surface area contributed by atoms with E-state index in [9.17, 15) is 48.3 Å². The lowest BCUT2D eigenvalue weighted by Crippen LogP contribution is -2.48. The van der Waals surface area contributed by atoms with Crippen molar-refractivity contribution in [2.75, 3.05) is 68.2 Å². The van der Waals surface area contributed by atoms with Crippen molar-refractivity contribution in [3.05, 3.63) is 346 Å². The van der Waals surface area contributed by atoms with Gasteiger partial charge < -0.3 is 53.3 Å². The van der Waals surface area contributed by atoms with Crippen molar-refractivity contribution < 1.29 is 38.6 Å². The maximum absolute atomic E-state index is 13.7. The topological polar surface area (TPSA) is 328 Å². The van der Waals surface area contributed by atoms with Crippen molar-refractivity contribution in [3.63, 3.8) is 0 Å². The molecule has 0 bridgehead atoms. The lowest BCUT2D eigenvalue weighted by molar-refractivity contribution is -0.142. The van der Waals surface area contributed by atoms with Crippen LogP contribution in [0.5, 0.6) is 0 Å². The first kappa shape index (κ1) is 93.3. The van der Waals surface area contributed by atoms with Gasteiger partial charge in [-0.25, -0.2) is 0 Å². The number of carboxylic acids is 1. The molecule has 0 radical (unpaired) electrons. The fourth-order valence-electron chi connectivity index (χ4n) is 16.9. The van der Waals surface area contributed by atoms with E-state index in [4.69, 9.17) is 4.74 Å². The minimum absolute atomic E-state index is 0.00183. The molecule has 0 saturated carbocycles. The zero-order valence-corrected chi connectivity index (χ0v) is 74.7.